The first-order valence-electron chi connectivity index (χ1n) is 11.2. The number of piperidine rings is 1. The van der Waals surface area contributed by atoms with Crippen LogP contribution in [-0.2, 0) is 9.59 Å². The van der Waals surface area contributed by atoms with E-state index in [-0.39, 0.29) is 24.5 Å². The molecule has 0 bridgehead atoms. The number of carbonyl (C=O) groups excluding carboxylic acids is 2. The van der Waals surface area contributed by atoms with E-state index in [9.17, 15) is 9.59 Å². The molecule has 2 aromatic rings. The summed E-state index contributed by atoms with van der Waals surface area (Å²) in [5.74, 6) is 1.95. The third-order valence-electron chi connectivity index (χ3n) is 5.78. The molecule has 8 nitrogen and oxygen atoms in total. The van der Waals surface area contributed by atoms with Crippen molar-refractivity contribution in [1.29, 1.82) is 0 Å². The first kappa shape index (κ1) is 23.8. The molecule has 2 aromatic carbocycles. The second-order valence-electron chi connectivity index (χ2n) is 7.96. The molecule has 2 aliphatic rings. The number of benzene rings is 2. The van der Waals surface area contributed by atoms with E-state index < -0.39 is 0 Å². The average Bonchev–Trinajstić information content (AvgIpc) is 3.32. The van der Waals surface area contributed by atoms with Crippen molar-refractivity contribution < 1.29 is 28.5 Å². The van der Waals surface area contributed by atoms with Crippen LogP contribution in [0, 0.1) is 5.92 Å². The van der Waals surface area contributed by atoms with Crippen molar-refractivity contribution in [3.05, 3.63) is 47.0 Å². The molecule has 0 spiro atoms. The Kier molecular flexibility index (Phi) is 7.47. The summed E-state index contributed by atoms with van der Waals surface area (Å²) in [5.41, 5.74) is 1.40. The van der Waals surface area contributed by atoms with Crippen LogP contribution < -0.4 is 24.3 Å². The van der Waals surface area contributed by atoms with Gasteiger partial charge in [-0.25, -0.2) is 0 Å². The first-order chi connectivity index (χ1) is 16.5. The number of fused-ring (bicyclic) bond motifs is 1. The molecule has 2 aliphatic heterocycles. The molecule has 0 aromatic heterocycles. The number of amides is 2. The zero-order chi connectivity index (χ0) is 24.1. The van der Waals surface area contributed by atoms with Gasteiger partial charge in [0, 0.05) is 36.8 Å². The smallest absolute Gasteiger partial charge is 0.246 e. The lowest BCUT2D eigenvalue weighted by Crippen LogP contribution is -2.40. The van der Waals surface area contributed by atoms with Crippen LogP contribution in [0.1, 0.15) is 25.3 Å². The molecule has 180 valence electrons. The highest BCUT2D eigenvalue weighted by Crippen LogP contribution is 2.37. The topological polar surface area (TPSA) is 86.3 Å². The molecule has 1 N–H and O–H groups in total. The number of likely N-dealkylation sites (tertiary alicyclic amines) is 1. The lowest BCUT2D eigenvalue weighted by Gasteiger charge is -2.30. The molecular formula is C25H27ClN2O6. The fourth-order valence-electron chi connectivity index (χ4n) is 3.97. The number of anilines is 1. The molecule has 0 radical (unpaired) electrons. The lowest BCUT2D eigenvalue weighted by atomic mass is 9.95. The molecule has 0 atom stereocenters. The number of halogens is 1. The van der Waals surface area contributed by atoms with Crippen molar-refractivity contribution >= 4 is 35.2 Å². The van der Waals surface area contributed by atoms with Crippen LogP contribution >= 0.6 is 11.6 Å². The van der Waals surface area contributed by atoms with Gasteiger partial charge in [0.25, 0.3) is 0 Å². The molecule has 0 saturated carbocycles. The Bertz CT molecular complexity index is 1100. The molecule has 0 aliphatic carbocycles. The van der Waals surface area contributed by atoms with Crippen molar-refractivity contribution in [1.82, 2.24) is 4.90 Å². The summed E-state index contributed by atoms with van der Waals surface area (Å²) in [6.45, 7) is 3.54. The molecule has 1 fully saturated rings. The summed E-state index contributed by atoms with van der Waals surface area (Å²) in [6, 6.07) is 8.82. The minimum atomic E-state index is -0.160. The van der Waals surface area contributed by atoms with Gasteiger partial charge in [-0.15, -0.1) is 0 Å². The summed E-state index contributed by atoms with van der Waals surface area (Å²) in [4.78, 5) is 27.1. The van der Waals surface area contributed by atoms with E-state index in [4.69, 9.17) is 30.5 Å². The molecule has 2 heterocycles. The summed E-state index contributed by atoms with van der Waals surface area (Å²) in [5, 5.41) is 3.35. The van der Waals surface area contributed by atoms with E-state index in [1.165, 1.54) is 6.08 Å². The number of carbonyl (C=O) groups is 2. The minimum absolute atomic E-state index is 0.0577. The molecular weight excluding hydrogens is 460 g/mol. The second kappa shape index (κ2) is 10.7. The summed E-state index contributed by atoms with van der Waals surface area (Å²) in [7, 11) is 1.54. The van der Waals surface area contributed by atoms with Crippen molar-refractivity contribution in [2.24, 2.45) is 5.92 Å². The van der Waals surface area contributed by atoms with Crippen LogP contribution in [0.5, 0.6) is 23.0 Å². The van der Waals surface area contributed by atoms with Crippen LogP contribution in [0.2, 0.25) is 5.02 Å². The molecule has 0 unspecified atom stereocenters. The fraction of sp³-hybridized carbons (Fsp3) is 0.360. The largest absolute Gasteiger partial charge is 0.493 e. The minimum Gasteiger partial charge on any atom is -0.493 e. The molecule has 1 saturated heterocycles. The number of hydrogen-bond donors (Lipinski definition) is 1. The predicted octanol–water partition coefficient (Wildman–Crippen LogP) is 4.37. The Morgan fingerprint density at radius 1 is 1.18 bits per heavy atom. The number of nitrogens with one attached hydrogen (secondary N) is 1. The standard InChI is InChI=1S/C25H27ClN2O6/c1-3-32-24-19(26)12-16(13-22(24)31-2)4-7-23(29)28-10-8-17(9-11-28)25(30)27-18-5-6-20-21(14-18)34-15-33-20/h4-7,12-14,17H,3,8-11,15H2,1-2H3,(H,27,30). The van der Waals surface area contributed by atoms with E-state index in [2.05, 4.69) is 5.32 Å². The van der Waals surface area contributed by atoms with Crippen LogP contribution in [0.4, 0.5) is 5.69 Å². The van der Waals surface area contributed by atoms with Crippen molar-refractivity contribution in [3.63, 3.8) is 0 Å². The van der Waals surface area contributed by atoms with E-state index in [0.29, 0.717) is 66.2 Å². The maximum Gasteiger partial charge on any atom is 0.246 e. The van der Waals surface area contributed by atoms with Crippen LogP contribution in [-0.4, -0.2) is 50.3 Å². The van der Waals surface area contributed by atoms with Crippen LogP contribution in [0.25, 0.3) is 6.08 Å². The van der Waals surface area contributed by atoms with Gasteiger partial charge in [0.1, 0.15) is 0 Å². The van der Waals surface area contributed by atoms with Crippen LogP contribution in [0.15, 0.2) is 36.4 Å². The number of methoxy groups -OCH3 is 1. The van der Waals surface area contributed by atoms with Gasteiger partial charge in [-0.2, -0.15) is 0 Å². The number of ether oxygens (including phenoxy) is 4. The van der Waals surface area contributed by atoms with Gasteiger partial charge in [-0.05, 0) is 55.7 Å². The Balaban J connectivity index is 1.30. The highest BCUT2D eigenvalue weighted by atomic mass is 35.5. The van der Waals surface area contributed by atoms with Gasteiger partial charge in [-0.1, -0.05) is 11.6 Å². The number of hydrogen-bond acceptors (Lipinski definition) is 6. The predicted molar refractivity (Wildman–Crippen MR) is 129 cm³/mol. The van der Waals surface area contributed by atoms with Gasteiger partial charge in [0.05, 0.1) is 18.7 Å². The third kappa shape index (κ3) is 5.39. The Labute approximate surface area is 203 Å². The molecule has 4 rings (SSSR count). The van der Waals surface area contributed by atoms with Gasteiger partial charge in [0.2, 0.25) is 18.6 Å². The van der Waals surface area contributed by atoms with Gasteiger partial charge in [-0.3, -0.25) is 9.59 Å². The van der Waals surface area contributed by atoms with E-state index >= 15 is 0 Å². The average molecular weight is 487 g/mol. The van der Waals surface area contributed by atoms with Gasteiger partial charge in [0.15, 0.2) is 23.0 Å². The summed E-state index contributed by atoms with van der Waals surface area (Å²) in [6.07, 6.45) is 4.40. The quantitative estimate of drug-likeness (QED) is 0.585. The molecule has 2 amide bonds. The Morgan fingerprint density at radius 3 is 2.68 bits per heavy atom. The first-order valence-corrected chi connectivity index (χ1v) is 11.5. The van der Waals surface area contributed by atoms with E-state index in [0.717, 1.165) is 5.56 Å². The lowest BCUT2D eigenvalue weighted by molar-refractivity contribution is -0.130. The Hall–Kier alpha value is -3.39. The fourth-order valence-corrected chi connectivity index (χ4v) is 4.25. The second-order valence-corrected chi connectivity index (χ2v) is 8.36. The van der Waals surface area contributed by atoms with Gasteiger partial charge < -0.3 is 29.2 Å². The number of nitrogens with zero attached hydrogens (tertiary/aromatic N) is 1. The molecule has 9 heteroatoms. The third-order valence-corrected chi connectivity index (χ3v) is 6.06. The summed E-state index contributed by atoms with van der Waals surface area (Å²) >= 11 is 6.30. The SMILES string of the molecule is CCOc1c(Cl)cc(C=CC(=O)N2CCC(C(=O)Nc3ccc4c(c3)OCO4)CC2)cc1OC. The maximum atomic E-state index is 12.7. The zero-order valence-corrected chi connectivity index (χ0v) is 19.9. The van der Waals surface area contributed by atoms with E-state index in [1.807, 2.05) is 6.92 Å². The van der Waals surface area contributed by atoms with Crippen molar-refractivity contribution in [2.75, 3.05) is 38.9 Å². The van der Waals surface area contributed by atoms with E-state index in [1.54, 1.807) is 48.4 Å². The highest BCUT2D eigenvalue weighted by molar-refractivity contribution is 6.32. The normalized spacial score (nSPS) is 15.4. The van der Waals surface area contributed by atoms with Gasteiger partial charge >= 0.3 is 0 Å². The highest BCUT2D eigenvalue weighted by Gasteiger charge is 2.27. The number of rotatable bonds is 7. The monoisotopic (exact) mass is 486 g/mol. The zero-order valence-electron chi connectivity index (χ0n) is 19.1. The van der Waals surface area contributed by atoms with Crippen molar-refractivity contribution in [3.8, 4) is 23.0 Å². The van der Waals surface area contributed by atoms with Crippen LogP contribution in [0.3, 0.4) is 0 Å². The maximum absolute atomic E-state index is 12.7. The molecule has 34 heavy (non-hydrogen) atoms. The van der Waals surface area contributed by atoms with Crippen molar-refractivity contribution in [2.45, 2.75) is 19.8 Å². The summed E-state index contributed by atoms with van der Waals surface area (Å²) < 4.78 is 21.5. The Morgan fingerprint density at radius 2 is 1.94 bits per heavy atom.